The molecule has 3 nitrogen and oxygen atoms in total. The van der Waals surface area contributed by atoms with Crippen LogP contribution in [0.4, 0.5) is 0 Å². The number of esters is 1. The second-order valence-electron chi connectivity index (χ2n) is 5.51. The minimum atomic E-state index is -0.161. The van der Waals surface area contributed by atoms with Gasteiger partial charge in [0.25, 0.3) is 0 Å². The van der Waals surface area contributed by atoms with Crippen LogP contribution in [0, 0.1) is 0 Å². The average molecular weight is 232 g/mol. The summed E-state index contributed by atoms with van der Waals surface area (Å²) in [6.45, 7) is 4.13. The molecule has 0 N–H and O–H groups in total. The Morgan fingerprint density at radius 2 is 2.12 bits per heavy atom. The molecular formula is C14H16O3. The molecule has 0 atom stereocenters. The smallest absolute Gasteiger partial charge is 0.312 e. The van der Waals surface area contributed by atoms with E-state index in [1.54, 1.807) is 0 Å². The van der Waals surface area contributed by atoms with Crippen molar-refractivity contribution < 1.29 is 14.3 Å². The highest BCUT2D eigenvalue weighted by molar-refractivity contribution is 5.77. The Bertz CT molecular complexity index is 472. The van der Waals surface area contributed by atoms with Gasteiger partial charge in [-0.15, -0.1) is 0 Å². The van der Waals surface area contributed by atoms with Crippen molar-refractivity contribution in [3.63, 3.8) is 0 Å². The molecule has 3 rings (SSSR count). The number of hydrogen-bond acceptors (Lipinski definition) is 3. The molecule has 1 aliphatic carbocycles. The predicted octanol–water partition coefficient (Wildman–Crippen LogP) is 2.81. The molecule has 2 aliphatic rings. The maximum atomic E-state index is 11.5. The SMILES string of the molecule is CC1(C)CC(=O)Oc2cc(OC3CC3)ccc21. The van der Waals surface area contributed by atoms with Crippen LogP contribution < -0.4 is 9.47 Å². The van der Waals surface area contributed by atoms with Gasteiger partial charge in [-0.1, -0.05) is 19.9 Å². The van der Waals surface area contributed by atoms with Gasteiger partial charge in [-0.2, -0.15) is 0 Å². The fraction of sp³-hybridized carbons (Fsp3) is 0.500. The molecule has 1 aromatic carbocycles. The largest absolute Gasteiger partial charge is 0.490 e. The molecule has 0 radical (unpaired) electrons. The molecule has 0 amide bonds. The van der Waals surface area contributed by atoms with Crippen molar-refractivity contribution >= 4 is 5.97 Å². The molecular weight excluding hydrogens is 216 g/mol. The number of carbonyl (C=O) groups excluding carboxylic acids is 1. The van der Waals surface area contributed by atoms with Crippen LogP contribution in [0.1, 0.15) is 38.7 Å². The second-order valence-corrected chi connectivity index (χ2v) is 5.51. The lowest BCUT2D eigenvalue weighted by Gasteiger charge is -2.31. The van der Waals surface area contributed by atoms with E-state index >= 15 is 0 Å². The zero-order chi connectivity index (χ0) is 12.0. The number of hydrogen-bond donors (Lipinski definition) is 0. The van der Waals surface area contributed by atoms with E-state index in [1.807, 2.05) is 18.2 Å². The van der Waals surface area contributed by atoms with Crippen molar-refractivity contribution in [3.05, 3.63) is 23.8 Å². The van der Waals surface area contributed by atoms with E-state index in [4.69, 9.17) is 9.47 Å². The van der Waals surface area contributed by atoms with Gasteiger partial charge in [-0.3, -0.25) is 4.79 Å². The summed E-state index contributed by atoms with van der Waals surface area (Å²) >= 11 is 0. The summed E-state index contributed by atoms with van der Waals surface area (Å²) in [4.78, 5) is 11.5. The third kappa shape index (κ3) is 2.02. The molecule has 1 aromatic rings. The zero-order valence-corrected chi connectivity index (χ0v) is 10.2. The molecule has 0 bridgehead atoms. The number of fused-ring (bicyclic) bond motifs is 1. The Morgan fingerprint density at radius 1 is 1.35 bits per heavy atom. The molecule has 3 heteroatoms. The third-order valence-corrected chi connectivity index (χ3v) is 3.32. The molecule has 17 heavy (non-hydrogen) atoms. The molecule has 0 saturated heterocycles. The fourth-order valence-corrected chi connectivity index (χ4v) is 2.21. The molecule has 1 fully saturated rings. The summed E-state index contributed by atoms with van der Waals surface area (Å²) in [6, 6.07) is 5.82. The van der Waals surface area contributed by atoms with E-state index in [9.17, 15) is 4.79 Å². The summed E-state index contributed by atoms with van der Waals surface area (Å²) in [5, 5.41) is 0. The molecule has 0 unspecified atom stereocenters. The van der Waals surface area contributed by atoms with Gasteiger partial charge in [0.05, 0.1) is 12.5 Å². The van der Waals surface area contributed by atoms with Crippen LogP contribution >= 0.6 is 0 Å². The van der Waals surface area contributed by atoms with Crippen LogP contribution in [-0.4, -0.2) is 12.1 Å². The highest BCUT2D eigenvalue weighted by Gasteiger charge is 2.34. The van der Waals surface area contributed by atoms with Gasteiger partial charge >= 0.3 is 5.97 Å². The molecule has 0 spiro atoms. The number of benzene rings is 1. The van der Waals surface area contributed by atoms with Crippen molar-refractivity contribution in [2.75, 3.05) is 0 Å². The average Bonchev–Trinajstić information content (AvgIpc) is 2.99. The van der Waals surface area contributed by atoms with Crippen molar-refractivity contribution in [2.45, 2.75) is 44.6 Å². The predicted molar refractivity (Wildman–Crippen MR) is 63.4 cm³/mol. The van der Waals surface area contributed by atoms with Crippen molar-refractivity contribution in [3.8, 4) is 11.5 Å². The van der Waals surface area contributed by atoms with Crippen LogP contribution in [-0.2, 0) is 10.2 Å². The molecule has 0 aromatic heterocycles. The van der Waals surface area contributed by atoms with Crippen LogP contribution in [0.2, 0.25) is 0 Å². The summed E-state index contributed by atoms with van der Waals surface area (Å²) in [6.07, 6.45) is 3.05. The fourth-order valence-electron chi connectivity index (χ4n) is 2.21. The number of rotatable bonds is 2. The number of carbonyl (C=O) groups is 1. The van der Waals surface area contributed by atoms with Gasteiger partial charge in [-0.25, -0.2) is 0 Å². The zero-order valence-electron chi connectivity index (χ0n) is 10.2. The highest BCUT2D eigenvalue weighted by Crippen LogP contribution is 2.41. The van der Waals surface area contributed by atoms with E-state index in [-0.39, 0.29) is 11.4 Å². The third-order valence-electron chi connectivity index (χ3n) is 3.32. The molecule has 90 valence electrons. The molecule has 1 saturated carbocycles. The highest BCUT2D eigenvalue weighted by atomic mass is 16.5. The van der Waals surface area contributed by atoms with Crippen LogP contribution in [0.25, 0.3) is 0 Å². The number of ether oxygens (including phenoxy) is 2. The minimum absolute atomic E-state index is 0.150. The first-order valence-electron chi connectivity index (χ1n) is 6.06. The van der Waals surface area contributed by atoms with Gasteiger partial charge in [0.1, 0.15) is 11.5 Å². The summed E-state index contributed by atoms with van der Waals surface area (Å²) in [5.41, 5.74) is 0.934. The van der Waals surface area contributed by atoms with Crippen molar-refractivity contribution in [1.82, 2.24) is 0 Å². The summed E-state index contributed by atoms with van der Waals surface area (Å²) < 4.78 is 11.0. The quantitative estimate of drug-likeness (QED) is 0.581. The van der Waals surface area contributed by atoms with E-state index in [2.05, 4.69) is 13.8 Å². The van der Waals surface area contributed by atoms with Gasteiger partial charge in [0, 0.05) is 17.0 Å². The lowest BCUT2D eigenvalue weighted by atomic mass is 9.79. The van der Waals surface area contributed by atoms with Crippen molar-refractivity contribution in [2.24, 2.45) is 0 Å². The minimum Gasteiger partial charge on any atom is -0.490 e. The van der Waals surface area contributed by atoms with Gasteiger partial charge < -0.3 is 9.47 Å². The maximum absolute atomic E-state index is 11.5. The lowest BCUT2D eigenvalue weighted by Crippen LogP contribution is -2.30. The van der Waals surface area contributed by atoms with Crippen molar-refractivity contribution in [1.29, 1.82) is 0 Å². The Morgan fingerprint density at radius 3 is 2.82 bits per heavy atom. The normalized spacial score (nSPS) is 21.6. The van der Waals surface area contributed by atoms with E-state index in [0.29, 0.717) is 18.3 Å². The standard InChI is InChI=1S/C14H16O3/c1-14(2)8-13(15)17-12-7-10(5-6-11(12)14)16-9-3-4-9/h5-7,9H,3-4,8H2,1-2H3. The van der Waals surface area contributed by atoms with Crippen LogP contribution in [0.5, 0.6) is 11.5 Å². The van der Waals surface area contributed by atoms with Gasteiger partial charge in [-0.05, 0) is 18.9 Å². The monoisotopic (exact) mass is 232 g/mol. The Kier molecular flexibility index (Phi) is 2.18. The van der Waals surface area contributed by atoms with E-state index in [0.717, 1.165) is 24.2 Å². The van der Waals surface area contributed by atoms with Crippen LogP contribution in [0.3, 0.4) is 0 Å². The summed E-state index contributed by atoms with van der Waals surface area (Å²) in [7, 11) is 0. The lowest BCUT2D eigenvalue weighted by molar-refractivity contribution is -0.136. The Balaban J connectivity index is 1.95. The first kappa shape index (κ1) is 10.6. The topological polar surface area (TPSA) is 35.5 Å². The van der Waals surface area contributed by atoms with E-state index < -0.39 is 0 Å². The maximum Gasteiger partial charge on any atom is 0.312 e. The van der Waals surface area contributed by atoms with E-state index in [1.165, 1.54) is 0 Å². The van der Waals surface area contributed by atoms with Crippen LogP contribution in [0.15, 0.2) is 18.2 Å². The Labute approximate surface area is 101 Å². The molecule has 1 heterocycles. The second kappa shape index (κ2) is 3.49. The summed E-state index contributed by atoms with van der Waals surface area (Å²) in [5.74, 6) is 1.30. The first-order chi connectivity index (χ1) is 8.04. The van der Waals surface area contributed by atoms with Gasteiger partial charge in [0.2, 0.25) is 0 Å². The first-order valence-corrected chi connectivity index (χ1v) is 6.06. The Hall–Kier alpha value is -1.51. The van der Waals surface area contributed by atoms with Gasteiger partial charge in [0.15, 0.2) is 0 Å². The molecule has 1 aliphatic heterocycles.